The van der Waals surface area contributed by atoms with E-state index in [0.717, 1.165) is 5.69 Å². The Morgan fingerprint density at radius 1 is 1.39 bits per heavy atom. The summed E-state index contributed by atoms with van der Waals surface area (Å²) in [6.07, 6.45) is 0. The average molecular weight is 250 g/mol. The molecule has 1 aromatic carbocycles. The summed E-state index contributed by atoms with van der Waals surface area (Å²) in [6, 6.07) is 8.20. The van der Waals surface area contributed by atoms with Crippen molar-refractivity contribution < 1.29 is 9.53 Å². The van der Waals surface area contributed by atoms with Crippen molar-refractivity contribution in [2.75, 3.05) is 32.6 Å². The molecule has 0 bridgehead atoms. The number of esters is 1. The molecule has 0 aliphatic rings. The van der Waals surface area contributed by atoms with Crippen LogP contribution in [-0.2, 0) is 9.53 Å². The number of ether oxygens (including phenoxy) is 1. The lowest BCUT2D eigenvalue weighted by Gasteiger charge is -2.32. The monoisotopic (exact) mass is 250 g/mol. The van der Waals surface area contributed by atoms with Crippen LogP contribution >= 0.6 is 0 Å². The highest BCUT2D eigenvalue weighted by Gasteiger charge is 2.33. The molecule has 0 aliphatic carbocycles. The summed E-state index contributed by atoms with van der Waals surface area (Å²) in [4.78, 5) is 13.8. The third-order valence-electron chi connectivity index (χ3n) is 3.22. The van der Waals surface area contributed by atoms with Crippen molar-refractivity contribution in [3.05, 3.63) is 29.8 Å². The Kier molecular flexibility index (Phi) is 4.73. The SMILES string of the molecule is CNC(C)(CN(C)c1ccc(C)cc1)C(=O)OC. The summed E-state index contributed by atoms with van der Waals surface area (Å²) in [5.74, 6) is -0.260. The molecule has 4 heteroatoms. The maximum absolute atomic E-state index is 11.8. The summed E-state index contributed by atoms with van der Waals surface area (Å²) in [5, 5.41) is 3.02. The summed E-state index contributed by atoms with van der Waals surface area (Å²) in [5.41, 5.74) is 1.58. The van der Waals surface area contributed by atoms with Crippen LogP contribution in [0.1, 0.15) is 12.5 Å². The zero-order chi connectivity index (χ0) is 13.8. The van der Waals surface area contributed by atoms with Gasteiger partial charge < -0.3 is 15.0 Å². The van der Waals surface area contributed by atoms with Crippen molar-refractivity contribution in [3.63, 3.8) is 0 Å². The van der Waals surface area contributed by atoms with Crippen LogP contribution in [0.2, 0.25) is 0 Å². The van der Waals surface area contributed by atoms with E-state index in [4.69, 9.17) is 4.74 Å². The van der Waals surface area contributed by atoms with E-state index >= 15 is 0 Å². The Bertz CT molecular complexity index is 403. The van der Waals surface area contributed by atoms with E-state index in [2.05, 4.69) is 24.4 Å². The van der Waals surface area contributed by atoms with Crippen molar-refractivity contribution in [3.8, 4) is 0 Å². The molecule has 1 aromatic rings. The lowest BCUT2D eigenvalue weighted by atomic mass is 10.0. The van der Waals surface area contributed by atoms with Crippen LogP contribution in [0.25, 0.3) is 0 Å². The van der Waals surface area contributed by atoms with Crippen molar-refractivity contribution >= 4 is 11.7 Å². The number of carbonyl (C=O) groups excluding carboxylic acids is 1. The maximum atomic E-state index is 11.8. The highest BCUT2D eigenvalue weighted by Crippen LogP contribution is 2.17. The molecule has 0 spiro atoms. The molecule has 0 heterocycles. The molecular weight excluding hydrogens is 228 g/mol. The number of likely N-dealkylation sites (N-methyl/N-ethyl adjacent to an activating group) is 2. The number of nitrogens with one attached hydrogen (secondary N) is 1. The second-order valence-corrected chi connectivity index (χ2v) is 4.77. The lowest BCUT2D eigenvalue weighted by Crippen LogP contribution is -2.55. The highest BCUT2D eigenvalue weighted by atomic mass is 16.5. The minimum Gasteiger partial charge on any atom is -0.468 e. The molecule has 1 unspecified atom stereocenters. The Balaban J connectivity index is 2.82. The Labute approximate surface area is 109 Å². The van der Waals surface area contributed by atoms with Crippen molar-refractivity contribution in [2.45, 2.75) is 19.4 Å². The minimum absolute atomic E-state index is 0.260. The van der Waals surface area contributed by atoms with E-state index in [1.165, 1.54) is 12.7 Å². The average Bonchev–Trinajstić information content (AvgIpc) is 2.38. The first-order valence-electron chi connectivity index (χ1n) is 5.98. The molecule has 0 aromatic heterocycles. The molecule has 0 amide bonds. The number of anilines is 1. The first-order valence-corrected chi connectivity index (χ1v) is 5.98. The molecule has 4 nitrogen and oxygen atoms in total. The fourth-order valence-electron chi connectivity index (χ4n) is 1.84. The van der Waals surface area contributed by atoms with Crippen LogP contribution in [0, 0.1) is 6.92 Å². The zero-order valence-electron chi connectivity index (χ0n) is 11.8. The molecule has 1 N–H and O–H groups in total. The number of carbonyl (C=O) groups is 1. The van der Waals surface area contributed by atoms with E-state index < -0.39 is 5.54 Å². The van der Waals surface area contributed by atoms with Gasteiger partial charge in [-0.2, -0.15) is 0 Å². The van der Waals surface area contributed by atoms with Gasteiger partial charge in [-0.1, -0.05) is 17.7 Å². The number of rotatable bonds is 5. The number of benzene rings is 1. The van der Waals surface area contributed by atoms with Crippen LogP contribution in [0.15, 0.2) is 24.3 Å². The van der Waals surface area contributed by atoms with Gasteiger partial charge in [-0.15, -0.1) is 0 Å². The van der Waals surface area contributed by atoms with E-state index in [1.54, 1.807) is 7.05 Å². The summed E-state index contributed by atoms with van der Waals surface area (Å²) >= 11 is 0. The van der Waals surface area contributed by atoms with Gasteiger partial charge in [0.1, 0.15) is 5.54 Å². The third-order valence-corrected chi connectivity index (χ3v) is 3.22. The molecule has 0 fully saturated rings. The van der Waals surface area contributed by atoms with Gasteiger partial charge in [0.05, 0.1) is 7.11 Å². The lowest BCUT2D eigenvalue weighted by molar-refractivity contribution is -0.147. The van der Waals surface area contributed by atoms with Crippen molar-refractivity contribution in [2.24, 2.45) is 0 Å². The third kappa shape index (κ3) is 3.23. The second kappa shape index (κ2) is 5.87. The Morgan fingerprint density at radius 3 is 2.39 bits per heavy atom. The smallest absolute Gasteiger partial charge is 0.327 e. The van der Waals surface area contributed by atoms with E-state index in [0.29, 0.717) is 6.54 Å². The van der Waals surface area contributed by atoms with E-state index in [1.807, 2.05) is 31.0 Å². The molecule has 0 saturated heterocycles. The Hall–Kier alpha value is -1.55. The molecule has 100 valence electrons. The topological polar surface area (TPSA) is 41.6 Å². The number of nitrogens with zero attached hydrogens (tertiary/aromatic N) is 1. The van der Waals surface area contributed by atoms with Gasteiger partial charge in [0.25, 0.3) is 0 Å². The number of methoxy groups -OCH3 is 1. The molecular formula is C14H22N2O2. The standard InChI is InChI=1S/C14H22N2O2/c1-11-6-8-12(9-7-11)16(4)10-14(2,15-3)13(17)18-5/h6-9,15H,10H2,1-5H3. The zero-order valence-corrected chi connectivity index (χ0v) is 11.8. The molecule has 18 heavy (non-hydrogen) atoms. The summed E-state index contributed by atoms with van der Waals surface area (Å²) in [6.45, 7) is 4.43. The predicted octanol–water partition coefficient (Wildman–Crippen LogP) is 1.58. The first-order chi connectivity index (χ1) is 8.42. The number of hydrogen-bond donors (Lipinski definition) is 1. The van der Waals surface area contributed by atoms with Crippen LogP contribution < -0.4 is 10.2 Å². The van der Waals surface area contributed by atoms with Gasteiger partial charge in [-0.3, -0.25) is 0 Å². The molecule has 0 radical (unpaired) electrons. The predicted molar refractivity (Wildman–Crippen MR) is 73.9 cm³/mol. The quantitative estimate of drug-likeness (QED) is 0.806. The summed E-state index contributed by atoms with van der Waals surface area (Å²) < 4.78 is 4.83. The minimum atomic E-state index is -0.714. The van der Waals surface area contributed by atoms with E-state index in [-0.39, 0.29) is 5.97 Å². The van der Waals surface area contributed by atoms with Crippen molar-refractivity contribution in [1.29, 1.82) is 0 Å². The van der Waals surface area contributed by atoms with Gasteiger partial charge in [0.15, 0.2) is 0 Å². The van der Waals surface area contributed by atoms with Crippen LogP contribution in [0.4, 0.5) is 5.69 Å². The van der Waals surface area contributed by atoms with Crippen LogP contribution in [0.5, 0.6) is 0 Å². The first kappa shape index (κ1) is 14.5. The maximum Gasteiger partial charge on any atom is 0.327 e. The van der Waals surface area contributed by atoms with Crippen LogP contribution in [0.3, 0.4) is 0 Å². The largest absolute Gasteiger partial charge is 0.468 e. The van der Waals surface area contributed by atoms with Gasteiger partial charge >= 0.3 is 5.97 Å². The number of aryl methyl sites for hydroxylation is 1. The fourth-order valence-corrected chi connectivity index (χ4v) is 1.84. The second-order valence-electron chi connectivity index (χ2n) is 4.77. The van der Waals surface area contributed by atoms with Crippen molar-refractivity contribution in [1.82, 2.24) is 5.32 Å². The molecule has 0 saturated carbocycles. The molecule has 0 aliphatic heterocycles. The van der Waals surface area contributed by atoms with E-state index in [9.17, 15) is 4.79 Å². The fraction of sp³-hybridized carbons (Fsp3) is 0.500. The van der Waals surface area contributed by atoms with Gasteiger partial charge in [-0.25, -0.2) is 4.79 Å². The van der Waals surface area contributed by atoms with Crippen LogP contribution in [-0.4, -0.2) is 39.3 Å². The van der Waals surface area contributed by atoms with Gasteiger partial charge in [0, 0.05) is 19.3 Å². The molecule has 1 atom stereocenters. The normalized spacial score (nSPS) is 13.8. The Morgan fingerprint density at radius 2 is 1.94 bits per heavy atom. The van der Waals surface area contributed by atoms with Gasteiger partial charge in [-0.05, 0) is 33.0 Å². The number of hydrogen-bond acceptors (Lipinski definition) is 4. The highest BCUT2D eigenvalue weighted by molar-refractivity contribution is 5.81. The molecule has 1 rings (SSSR count). The van der Waals surface area contributed by atoms with Gasteiger partial charge in [0.2, 0.25) is 0 Å². The summed E-state index contributed by atoms with van der Waals surface area (Å²) in [7, 11) is 5.13.